The van der Waals surface area contributed by atoms with E-state index in [-0.39, 0.29) is 11.4 Å². The van der Waals surface area contributed by atoms with Gasteiger partial charge in [0.15, 0.2) is 5.65 Å². The molecule has 1 aliphatic carbocycles. The molecule has 26 heavy (non-hydrogen) atoms. The van der Waals surface area contributed by atoms with Crippen LogP contribution in [0.3, 0.4) is 0 Å². The van der Waals surface area contributed by atoms with Crippen molar-refractivity contribution < 1.29 is 4.79 Å². The Morgan fingerprint density at radius 1 is 1.23 bits per heavy atom. The minimum absolute atomic E-state index is 0.00120. The van der Waals surface area contributed by atoms with E-state index in [1.54, 1.807) is 0 Å². The van der Waals surface area contributed by atoms with Crippen molar-refractivity contribution in [3.63, 3.8) is 0 Å². The molecule has 5 nitrogen and oxygen atoms in total. The van der Waals surface area contributed by atoms with Crippen LogP contribution in [0, 0.1) is 13.8 Å². The Hall–Kier alpha value is -2.82. The van der Waals surface area contributed by atoms with Crippen LogP contribution in [0.15, 0.2) is 30.5 Å². The molecule has 0 fully saturated rings. The average molecular weight is 346 g/mol. The number of aryl methyl sites for hydroxylation is 2. The van der Waals surface area contributed by atoms with Crippen molar-refractivity contribution in [3.05, 3.63) is 64.1 Å². The number of primary amides is 1. The Balaban J connectivity index is 1.69. The number of nitrogens with one attached hydrogen (secondary N) is 1. The number of rotatable bonds is 1. The van der Waals surface area contributed by atoms with Crippen LogP contribution in [-0.2, 0) is 19.3 Å². The molecule has 1 spiro atoms. The average Bonchev–Trinajstić information content (AvgIpc) is 3.11. The number of carbonyl (C=O) groups excluding carboxylic acids is 1. The number of benzene rings is 1. The number of carbonyl (C=O) groups is 1. The number of anilines is 1. The van der Waals surface area contributed by atoms with E-state index >= 15 is 0 Å². The Bertz CT molecular complexity index is 1050. The van der Waals surface area contributed by atoms with Crippen molar-refractivity contribution in [1.29, 1.82) is 0 Å². The first-order valence-corrected chi connectivity index (χ1v) is 9.13. The van der Waals surface area contributed by atoms with E-state index in [2.05, 4.69) is 29.6 Å². The summed E-state index contributed by atoms with van der Waals surface area (Å²) in [5.41, 5.74) is 14.1. The molecule has 0 atom stereocenters. The summed E-state index contributed by atoms with van der Waals surface area (Å²) in [6.07, 6.45) is 5.71. The number of nitrogens with two attached hydrogens (primary N) is 1. The number of hydrogen-bond acceptors (Lipinski definition) is 3. The quantitative estimate of drug-likeness (QED) is 0.711. The maximum Gasteiger partial charge on any atom is 0.250 e. The lowest BCUT2D eigenvalue weighted by Gasteiger charge is -2.37. The van der Waals surface area contributed by atoms with Gasteiger partial charge in [0, 0.05) is 17.4 Å². The third-order valence-electron chi connectivity index (χ3n) is 6.18. The summed E-state index contributed by atoms with van der Waals surface area (Å²) >= 11 is 0. The summed E-state index contributed by atoms with van der Waals surface area (Å²) in [4.78, 5) is 16.9. The van der Waals surface area contributed by atoms with Gasteiger partial charge in [0.1, 0.15) is 0 Å². The van der Waals surface area contributed by atoms with Gasteiger partial charge in [-0.05, 0) is 56.2 Å². The van der Waals surface area contributed by atoms with E-state index in [9.17, 15) is 4.79 Å². The molecule has 5 rings (SSSR count). The van der Waals surface area contributed by atoms with E-state index in [0.29, 0.717) is 5.56 Å². The zero-order valence-electron chi connectivity index (χ0n) is 15.1. The highest BCUT2D eigenvalue weighted by Crippen LogP contribution is 2.43. The van der Waals surface area contributed by atoms with Crippen LogP contribution in [0.4, 0.5) is 5.69 Å². The third kappa shape index (κ3) is 2.03. The van der Waals surface area contributed by atoms with Crippen molar-refractivity contribution >= 4 is 17.2 Å². The molecule has 0 bridgehead atoms. The molecule has 132 valence electrons. The number of aromatic nitrogens is 2. The number of nitrogens with zero attached hydrogens (tertiary/aromatic N) is 2. The topological polar surface area (TPSA) is 72.4 Å². The van der Waals surface area contributed by atoms with Gasteiger partial charge in [-0.25, -0.2) is 4.98 Å². The summed E-state index contributed by atoms with van der Waals surface area (Å²) in [5, 5.41) is 3.81. The van der Waals surface area contributed by atoms with Crippen molar-refractivity contribution in [2.24, 2.45) is 5.73 Å². The fraction of sp³-hybridized carbons (Fsp3) is 0.333. The smallest absolute Gasteiger partial charge is 0.250 e. The first-order chi connectivity index (χ1) is 12.5. The fourth-order valence-corrected chi connectivity index (χ4v) is 4.69. The fourth-order valence-electron chi connectivity index (χ4n) is 4.69. The number of imidazole rings is 1. The summed E-state index contributed by atoms with van der Waals surface area (Å²) in [6.45, 7) is 4.03. The van der Waals surface area contributed by atoms with E-state index in [0.717, 1.165) is 54.0 Å². The van der Waals surface area contributed by atoms with Gasteiger partial charge in [-0.2, -0.15) is 0 Å². The van der Waals surface area contributed by atoms with E-state index in [1.165, 1.54) is 11.1 Å². The summed E-state index contributed by atoms with van der Waals surface area (Å²) in [5.74, 6) is -0.374. The predicted octanol–water partition coefficient (Wildman–Crippen LogP) is 2.95. The number of fused-ring (bicyclic) bond motifs is 4. The molecule has 2 aromatic heterocycles. The molecule has 0 radical (unpaired) electrons. The van der Waals surface area contributed by atoms with Crippen LogP contribution in [0.1, 0.15) is 44.9 Å². The van der Waals surface area contributed by atoms with Crippen molar-refractivity contribution in [1.82, 2.24) is 9.38 Å². The normalized spacial score (nSPS) is 17.2. The second-order valence-corrected chi connectivity index (χ2v) is 7.76. The molecule has 3 aromatic rings. The molecule has 1 amide bonds. The summed E-state index contributed by atoms with van der Waals surface area (Å²) < 4.78 is 2.00. The molecule has 0 saturated heterocycles. The van der Waals surface area contributed by atoms with Crippen molar-refractivity contribution in [2.45, 2.75) is 45.1 Å². The van der Waals surface area contributed by atoms with Gasteiger partial charge in [-0.3, -0.25) is 4.79 Å². The number of pyridine rings is 1. The molecular weight excluding hydrogens is 324 g/mol. The molecule has 1 aliphatic heterocycles. The van der Waals surface area contributed by atoms with Crippen molar-refractivity contribution in [2.75, 3.05) is 5.32 Å². The van der Waals surface area contributed by atoms with Gasteiger partial charge in [0.05, 0.1) is 16.9 Å². The standard InChI is InChI=1S/C21H22N4O/c1-12-13(2)25-11-17(19(22)26)16-7-8-21(24-18(16)20(25)23-12)9-14-5-3-4-6-15(14)10-21/h3-6,11,24H,7-10H2,1-2H3,(H2,22,26). The monoisotopic (exact) mass is 346 g/mol. The molecule has 2 aliphatic rings. The predicted molar refractivity (Wildman–Crippen MR) is 102 cm³/mol. The number of amides is 1. The Morgan fingerprint density at radius 2 is 1.92 bits per heavy atom. The Kier molecular flexibility index (Phi) is 3.03. The second-order valence-electron chi connectivity index (χ2n) is 7.76. The highest BCUT2D eigenvalue weighted by molar-refractivity contribution is 5.97. The Morgan fingerprint density at radius 3 is 2.58 bits per heavy atom. The zero-order chi connectivity index (χ0) is 18.1. The van der Waals surface area contributed by atoms with E-state index in [1.807, 2.05) is 24.4 Å². The molecular formula is C21H22N4O. The molecule has 5 heteroatoms. The van der Waals surface area contributed by atoms with Crippen LogP contribution in [0.5, 0.6) is 0 Å². The zero-order valence-corrected chi connectivity index (χ0v) is 15.1. The highest BCUT2D eigenvalue weighted by atomic mass is 16.1. The molecule has 0 saturated carbocycles. The van der Waals surface area contributed by atoms with Gasteiger partial charge in [0.25, 0.3) is 5.91 Å². The number of hydrogen-bond donors (Lipinski definition) is 2. The van der Waals surface area contributed by atoms with E-state index < -0.39 is 0 Å². The first-order valence-electron chi connectivity index (χ1n) is 9.13. The lowest BCUT2D eigenvalue weighted by atomic mass is 9.83. The lowest BCUT2D eigenvalue weighted by Crippen LogP contribution is -2.43. The third-order valence-corrected chi connectivity index (χ3v) is 6.18. The van der Waals surface area contributed by atoms with Crippen LogP contribution in [0.2, 0.25) is 0 Å². The van der Waals surface area contributed by atoms with Gasteiger partial charge in [-0.15, -0.1) is 0 Å². The Labute approximate surface area is 152 Å². The van der Waals surface area contributed by atoms with Gasteiger partial charge < -0.3 is 15.5 Å². The minimum atomic E-state index is -0.374. The highest BCUT2D eigenvalue weighted by Gasteiger charge is 2.41. The molecule has 0 unspecified atom stereocenters. The van der Waals surface area contributed by atoms with Crippen LogP contribution in [0.25, 0.3) is 5.65 Å². The van der Waals surface area contributed by atoms with Crippen LogP contribution < -0.4 is 11.1 Å². The maximum atomic E-state index is 12.1. The van der Waals surface area contributed by atoms with Gasteiger partial charge in [0.2, 0.25) is 0 Å². The summed E-state index contributed by atoms with van der Waals surface area (Å²) in [6, 6.07) is 8.67. The van der Waals surface area contributed by atoms with Gasteiger partial charge in [-0.1, -0.05) is 24.3 Å². The summed E-state index contributed by atoms with van der Waals surface area (Å²) in [7, 11) is 0. The SMILES string of the molecule is Cc1nc2c3c(c(C(N)=O)cn2c1C)CCC1(Cc2ccccc2C1)N3. The van der Waals surface area contributed by atoms with E-state index in [4.69, 9.17) is 10.7 Å². The first kappa shape index (κ1) is 15.4. The molecule has 1 aromatic carbocycles. The lowest BCUT2D eigenvalue weighted by molar-refractivity contribution is 0.0998. The largest absolute Gasteiger partial charge is 0.376 e. The minimum Gasteiger partial charge on any atom is -0.376 e. The molecule has 3 N–H and O–H groups in total. The maximum absolute atomic E-state index is 12.1. The van der Waals surface area contributed by atoms with Crippen LogP contribution in [-0.4, -0.2) is 20.8 Å². The van der Waals surface area contributed by atoms with Crippen LogP contribution >= 0.6 is 0 Å². The van der Waals surface area contributed by atoms with Gasteiger partial charge >= 0.3 is 0 Å². The molecule has 3 heterocycles. The second kappa shape index (κ2) is 5.10. The van der Waals surface area contributed by atoms with Crippen molar-refractivity contribution in [3.8, 4) is 0 Å².